The number of para-hydroxylation sites is 1. The molecule has 3 aromatic carbocycles. The minimum atomic E-state index is -0.744. The highest BCUT2D eigenvalue weighted by Crippen LogP contribution is 2.41. The molecule has 0 bridgehead atoms. The van der Waals surface area contributed by atoms with E-state index in [-0.39, 0.29) is 47.9 Å². The quantitative estimate of drug-likeness (QED) is 0.0642. The van der Waals surface area contributed by atoms with Gasteiger partial charge in [0, 0.05) is 50.1 Å². The molecule has 3 heterocycles. The minimum Gasteiger partial charge on any atom is -0.507 e. The Kier molecular flexibility index (Phi) is 14.8. The number of unbranched alkanes of at least 4 members (excludes halogenated alkanes) is 1. The Morgan fingerprint density at radius 2 is 1.68 bits per heavy atom. The highest BCUT2D eigenvalue weighted by atomic mass is 125. The van der Waals surface area contributed by atoms with Gasteiger partial charge < -0.3 is 36.6 Å². The number of pyridine rings is 1. The first-order valence-electron chi connectivity index (χ1n) is 19.6. The monoisotopic (exact) mass is 910 g/mol. The lowest BCUT2D eigenvalue weighted by Crippen LogP contribution is -2.42. The number of anilines is 2. The summed E-state index contributed by atoms with van der Waals surface area (Å²) in [5.74, 6) is -0.627. The number of aromatic nitrogens is 4. The van der Waals surface area contributed by atoms with Crippen molar-refractivity contribution in [2.24, 2.45) is 5.73 Å². The van der Waals surface area contributed by atoms with Gasteiger partial charge in [0.2, 0.25) is 17.7 Å². The lowest BCUT2D eigenvalue weighted by Gasteiger charge is -2.29. The van der Waals surface area contributed by atoms with Crippen LogP contribution in [0.2, 0.25) is 0 Å². The number of rotatable bonds is 17. The molecule has 0 aliphatic carbocycles. The summed E-state index contributed by atoms with van der Waals surface area (Å²) in [5.41, 5.74) is 12.7. The number of likely N-dealkylation sites (N-methyl/N-ethyl adjacent to an activating group) is 1. The smallest absolute Gasteiger partial charge is 0.269 e. The van der Waals surface area contributed by atoms with Crippen LogP contribution < -0.4 is 26.6 Å². The topological polar surface area (TPSA) is 201 Å². The second kappa shape index (κ2) is 20.3. The van der Waals surface area contributed by atoms with Gasteiger partial charge in [-0.3, -0.25) is 19.2 Å². The summed E-state index contributed by atoms with van der Waals surface area (Å²) < 4.78 is 2.52. The average Bonchev–Trinajstić information content (AvgIpc) is 3.64. The Morgan fingerprint density at radius 1 is 0.915 bits per heavy atom. The van der Waals surface area contributed by atoms with E-state index in [2.05, 4.69) is 31.2 Å². The maximum Gasteiger partial charge on any atom is 0.269 e. The van der Waals surface area contributed by atoms with E-state index in [0.717, 1.165) is 33.6 Å². The van der Waals surface area contributed by atoms with E-state index < -0.39 is 6.04 Å². The number of benzene rings is 3. The number of nitrogens with one attached hydrogen (secondary N) is 3. The first kappa shape index (κ1) is 42.9. The molecule has 1 atom stereocenters. The lowest BCUT2D eigenvalue weighted by atomic mass is 9.95. The first-order chi connectivity index (χ1) is 28.5. The zero-order chi connectivity index (χ0) is 41.9. The number of nitrogens with zero attached hydrogens (tertiary/aromatic N) is 6. The predicted molar refractivity (Wildman–Crippen MR) is 234 cm³/mol. The molecule has 2 aromatic heterocycles. The summed E-state index contributed by atoms with van der Waals surface area (Å²) in [4.78, 5) is 60.0. The van der Waals surface area contributed by atoms with Crippen molar-refractivity contribution in [1.82, 2.24) is 35.5 Å². The summed E-state index contributed by atoms with van der Waals surface area (Å²) in [5, 5.41) is 27.6. The number of phenols is 1. The fraction of sp³-hybridized carbons (Fsp3) is 0.326. The predicted octanol–water partition coefficient (Wildman–Crippen LogP) is 4.73. The fourth-order valence-electron chi connectivity index (χ4n) is 6.80. The van der Waals surface area contributed by atoms with Gasteiger partial charge in [-0.05, 0) is 104 Å². The molecule has 0 unspecified atom stereocenters. The molecule has 6 rings (SSSR count). The summed E-state index contributed by atoms with van der Waals surface area (Å²) in [6.07, 6.45) is 3.82. The van der Waals surface area contributed by atoms with Crippen LogP contribution in [0.4, 0.5) is 11.4 Å². The number of carbonyl (C=O) groups is 4. The normalized spacial score (nSPS) is 12.4. The molecule has 6 N–H and O–H groups in total. The maximum atomic E-state index is 14.1. The molecule has 5 aromatic rings. The van der Waals surface area contributed by atoms with Crippen LogP contribution in [0.1, 0.15) is 53.7 Å². The van der Waals surface area contributed by atoms with E-state index in [1.54, 1.807) is 29.2 Å². The number of carbonyl (C=O) groups excluding carboxylic acids is 4. The molecule has 1 aliphatic heterocycles. The standard InChI is InChI=1S/C43H49IN10O5/c1-52(2)23-21-47-43(59)35-18-17-30(26-48-35)49-38(56)14-7-8-15-39(57)53-27-29-10-3-4-11-31(29)40-41(32-12-5-6-13-36(32)53)54(51-50-40)22-9-20-46-42(58)34(45)25-28-16-19-37(55)33(44)24-28/h3-6,10-13,16-19,24,26,34,55H,7-9,14-15,20-23,25,27,45H2,1-2H3,(H,46,58)(H,47,59)(H,49,56)/t34-/m0/s1/i44-2. The van der Waals surface area contributed by atoms with E-state index >= 15 is 0 Å². The molecule has 0 spiro atoms. The third-order valence-corrected chi connectivity index (χ3v) is 10.8. The van der Waals surface area contributed by atoms with Crippen LogP contribution in [0.15, 0.2) is 85.1 Å². The number of hydrogen-bond donors (Lipinski definition) is 5. The molecule has 15 nitrogen and oxygen atoms in total. The summed E-state index contributed by atoms with van der Waals surface area (Å²) >= 11 is 2.04. The van der Waals surface area contributed by atoms with Crippen LogP contribution >= 0.6 is 22.6 Å². The minimum absolute atomic E-state index is 0.0696. The van der Waals surface area contributed by atoms with Gasteiger partial charge in [0.25, 0.3) is 5.91 Å². The SMILES string of the molecule is CN(C)CCNC(=O)c1ccc(NC(=O)CCCCC(=O)N2Cc3ccccc3-c3nnn(CCCNC(=O)[C@@H](N)Cc4ccc(O)c([125I])c4)c3-c3ccccc32)cn1. The fourth-order valence-corrected chi connectivity index (χ4v) is 7.38. The van der Waals surface area contributed by atoms with Gasteiger partial charge in [0.15, 0.2) is 0 Å². The number of aryl methyl sites for hydroxylation is 1. The van der Waals surface area contributed by atoms with Crippen LogP contribution in [0.25, 0.3) is 22.5 Å². The maximum absolute atomic E-state index is 14.1. The van der Waals surface area contributed by atoms with Crippen LogP contribution in [0, 0.1) is 3.57 Å². The summed E-state index contributed by atoms with van der Waals surface area (Å²) in [6, 6.07) is 23.2. The van der Waals surface area contributed by atoms with Crippen molar-refractivity contribution in [3.63, 3.8) is 0 Å². The number of hydrogen-bond acceptors (Lipinski definition) is 10. The molecule has 16 heteroatoms. The molecule has 0 radical (unpaired) electrons. The van der Waals surface area contributed by atoms with Crippen LogP contribution in [-0.2, 0) is 33.9 Å². The highest BCUT2D eigenvalue weighted by molar-refractivity contribution is 14.1. The third-order valence-electron chi connectivity index (χ3n) is 9.91. The second-order valence-electron chi connectivity index (χ2n) is 14.7. The van der Waals surface area contributed by atoms with Crippen molar-refractivity contribution in [2.45, 2.75) is 57.7 Å². The first-order valence-corrected chi connectivity index (χ1v) is 20.7. The van der Waals surface area contributed by atoms with E-state index in [1.165, 1.54) is 6.20 Å². The van der Waals surface area contributed by atoms with Crippen molar-refractivity contribution >= 4 is 57.6 Å². The molecule has 1 aliphatic rings. The zero-order valence-electron chi connectivity index (χ0n) is 33.2. The van der Waals surface area contributed by atoms with Gasteiger partial charge in [0.1, 0.15) is 17.1 Å². The van der Waals surface area contributed by atoms with Crippen molar-refractivity contribution in [2.75, 3.05) is 43.9 Å². The van der Waals surface area contributed by atoms with E-state index in [4.69, 9.17) is 5.73 Å². The van der Waals surface area contributed by atoms with E-state index in [9.17, 15) is 24.3 Å². The summed E-state index contributed by atoms with van der Waals surface area (Å²) in [6.45, 7) is 2.37. The molecular formula is C43H49IN10O5. The average molecular weight is 911 g/mol. The Bertz CT molecular complexity index is 2280. The molecule has 308 valence electrons. The molecule has 0 saturated carbocycles. The summed E-state index contributed by atoms with van der Waals surface area (Å²) in [7, 11) is 3.85. The largest absolute Gasteiger partial charge is 0.507 e. The Hall–Kier alpha value is -5.72. The number of nitrogens with two attached hydrogens (primary N) is 1. The zero-order valence-corrected chi connectivity index (χ0v) is 35.3. The van der Waals surface area contributed by atoms with E-state index in [0.29, 0.717) is 73.4 Å². The molecule has 0 fully saturated rings. The molecule has 0 saturated heterocycles. The van der Waals surface area contributed by atoms with Gasteiger partial charge in [-0.15, -0.1) is 5.10 Å². The second-order valence-corrected chi connectivity index (χ2v) is 15.8. The number of halogens is 1. The molecular weight excluding hydrogens is 861 g/mol. The lowest BCUT2D eigenvalue weighted by molar-refractivity contribution is -0.122. The van der Waals surface area contributed by atoms with Crippen molar-refractivity contribution in [3.05, 3.63) is 105 Å². The van der Waals surface area contributed by atoms with Crippen LogP contribution in [-0.4, -0.2) is 93.4 Å². The van der Waals surface area contributed by atoms with E-state index in [1.807, 2.05) is 101 Å². The Labute approximate surface area is 356 Å². The Balaban J connectivity index is 1.06. The third kappa shape index (κ3) is 11.3. The highest BCUT2D eigenvalue weighted by Gasteiger charge is 2.29. The Morgan fingerprint density at radius 3 is 2.44 bits per heavy atom. The number of fused-ring (bicyclic) bond motifs is 5. The molecule has 59 heavy (non-hydrogen) atoms. The van der Waals surface area contributed by atoms with Gasteiger partial charge >= 0.3 is 0 Å². The number of aromatic hydroxyl groups is 1. The molecule has 4 amide bonds. The van der Waals surface area contributed by atoms with Gasteiger partial charge in [0.05, 0.1) is 39.4 Å². The van der Waals surface area contributed by atoms with Gasteiger partial charge in [-0.2, -0.15) is 0 Å². The van der Waals surface area contributed by atoms with Crippen molar-refractivity contribution in [1.29, 1.82) is 0 Å². The van der Waals surface area contributed by atoms with Crippen molar-refractivity contribution < 1.29 is 24.3 Å². The number of phenolic OH excluding ortho intramolecular Hbond substituents is 1. The van der Waals surface area contributed by atoms with Gasteiger partial charge in [-0.25, -0.2) is 9.67 Å². The van der Waals surface area contributed by atoms with Crippen molar-refractivity contribution in [3.8, 4) is 28.3 Å². The van der Waals surface area contributed by atoms with Crippen LogP contribution in [0.3, 0.4) is 0 Å². The number of amides is 4. The van der Waals surface area contributed by atoms with Gasteiger partial charge in [-0.1, -0.05) is 53.7 Å². The van der Waals surface area contributed by atoms with Crippen LogP contribution in [0.5, 0.6) is 5.75 Å².